The van der Waals surface area contributed by atoms with Crippen LogP contribution in [0.5, 0.6) is 0 Å². The number of ether oxygens (including phenoxy) is 1. The highest BCUT2D eigenvalue weighted by Crippen LogP contribution is 2.24. The zero-order chi connectivity index (χ0) is 16.8. The van der Waals surface area contributed by atoms with Crippen LogP contribution in [0.25, 0.3) is 0 Å². The Kier molecular flexibility index (Phi) is 6.38. The minimum atomic E-state index is -0.136. The molecular formula is C16H26N4O2S. The average Bonchev–Trinajstić information content (AvgIpc) is 3.17. The molecule has 1 aromatic rings. The molecule has 0 spiro atoms. The van der Waals surface area contributed by atoms with Crippen molar-refractivity contribution >= 4 is 23.3 Å². The van der Waals surface area contributed by atoms with Gasteiger partial charge in [-0.05, 0) is 19.3 Å². The van der Waals surface area contributed by atoms with Gasteiger partial charge >= 0.3 is 5.97 Å². The van der Waals surface area contributed by atoms with Crippen molar-refractivity contribution in [3.63, 3.8) is 0 Å². The summed E-state index contributed by atoms with van der Waals surface area (Å²) in [4.78, 5) is 24.4. The molecule has 0 radical (unpaired) electrons. The summed E-state index contributed by atoms with van der Waals surface area (Å²) in [5, 5.41) is 4.34. The molecule has 1 aromatic heterocycles. The number of nitrogens with zero attached hydrogens (tertiary/aromatic N) is 3. The number of thiazole rings is 1. The van der Waals surface area contributed by atoms with Gasteiger partial charge in [0.15, 0.2) is 5.96 Å². The van der Waals surface area contributed by atoms with Crippen LogP contribution < -0.4 is 5.32 Å². The number of likely N-dealkylation sites (tertiary alicyclic amines) is 1. The molecular weight excluding hydrogens is 312 g/mol. The Morgan fingerprint density at radius 3 is 2.91 bits per heavy atom. The molecule has 0 saturated carbocycles. The van der Waals surface area contributed by atoms with Crippen LogP contribution >= 0.6 is 11.3 Å². The zero-order valence-corrected chi connectivity index (χ0v) is 15.2. The van der Waals surface area contributed by atoms with Crippen molar-refractivity contribution in [1.29, 1.82) is 0 Å². The van der Waals surface area contributed by atoms with Crippen LogP contribution in [0.15, 0.2) is 11.2 Å². The molecule has 6 nitrogen and oxygen atoms in total. The maximum atomic E-state index is 11.8. The number of guanidine groups is 1. The first kappa shape index (κ1) is 17.7. The van der Waals surface area contributed by atoms with Gasteiger partial charge in [-0.1, -0.05) is 13.8 Å². The third-order valence-corrected chi connectivity index (χ3v) is 5.19. The molecule has 0 aliphatic carbocycles. The molecule has 0 bridgehead atoms. The first-order valence-corrected chi connectivity index (χ1v) is 8.95. The Bertz CT molecular complexity index is 558. The highest BCUT2D eigenvalue weighted by Gasteiger charge is 2.36. The number of aliphatic imine (C=N–C) groups is 1. The Morgan fingerprint density at radius 2 is 2.30 bits per heavy atom. The minimum absolute atomic E-state index is 0.0876. The fraction of sp³-hybridized carbons (Fsp3) is 0.688. The van der Waals surface area contributed by atoms with E-state index in [1.165, 1.54) is 12.0 Å². The van der Waals surface area contributed by atoms with E-state index in [9.17, 15) is 4.79 Å². The summed E-state index contributed by atoms with van der Waals surface area (Å²) >= 11 is 1.71. The first-order chi connectivity index (χ1) is 11.1. The maximum absolute atomic E-state index is 11.8. The fourth-order valence-corrected chi connectivity index (χ4v) is 3.54. The van der Waals surface area contributed by atoms with Gasteiger partial charge in [0.25, 0.3) is 0 Å². The van der Waals surface area contributed by atoms with Gasteiger partial charge in [-0.3, -0.25) is 4.79 Å². The van der Waals surface area contributed by atoms with Crippen molar-refractivity contribution in [1.82, 2.24) is 15.2 Å². The number of hydrogen-bond donors (Lipinski definition) is 1. The molecule has 128 valence electrons. The van der Waals surface area contributed by atoms with E-state index in [-0.39, 0.29) is 17.8 Å². The molecule has 0 amide bonds. The molecule has 1 N–H and O–H groups in total. The van der Waals surface area contributed by atoms with Crippen LogP contribution in [-0.4, -0.2) is 48.6 Å². The predicted molar refractivity (Wildman–Crippen MR) is 92.6 cm³/mol. The molecule has 2 unspecified atom stereocenters. The molecule has 2 heterocycles. The third kappa shape index (κ3) is 4.43. The average molecular weight is 338 g/mol. The molecule has 2 atom stereocenters. The van der Waals surface area contributed by atoms with Crippen LogP contribution in [0.1, 0.15) is 30.7 Å². The van der Waals surface area contributed by atoms with E-state index in [1.54, 1.807) is 11.3 Å². The molecule has 1 saturated heterocycles. The number of rotatable bonds is 5. The number of carbonyl (C=O) groups is 1. The van der Waals surface area contributed by atoms with Crippen molar-refractivity contribution in [3.8, 4) is 0 Å². The highest BCUT2D eigenvalue weighted by molar-refractivity contribution is 7.11. The number of methoxy groups -OCH3 is 1. The van der Waals surface area contributed by atoms with E-state index in [2.05, 4.69) is 29.0 Å². The number of aromatic nitrogens is 1. The molecule has 0 aromatic carbocycles. The first-order valence-electron chi connectivity index (χ1n) is 8.13. The number of aryl methyl sites for hydroxylation is 1. The summed E-state index contributed by atoms with van der Waals surface area (Å²) < 4.78 is 4.90. The second-order valence-corrected chi connectivity index (χ2v) is 6.96. The number of hydrogen-bond acceptors (Lipinski definition) is 5. The summed E-state index contributed by atoms with van der Waals surface area (Å²) in [5.41, 5.74) is 0. The standard InChI is InChI=1S/C16H26N4O2S/c1-5-12-7-18-14(23-12)8-19-16(17-6-2)20-9-11(3)13(10-20)15(21)22-4/h7,11,13H,5-6,8-10H2,1-4H3,(H,17,19). The van der Waals surface area contributed by atoms with Crippen molar-refractivity contribution in [2.45, 2.75) is 33.7 Å². The second kappa shape index (κ2) is 8.29. The van der Waals surface area contributed by atoms with E-state index in [0.717, 1.165) is 30.5 Å². The molecule has 2 rings (SSSR count). The van der Waals surface area contributed by atoms with Crippen molar-refractivity contribution in [2.24, 2.45) is 16.8 Å². The van der Waals surface area contributed by atoms with Gasteiger partial charge in [0, 0.05) is 30.7 Å². The Hall–Kier alpha value is -1.63. The van der Waals surface area contributed by atoms with Crippen LogP contribution in [0.4, 0.5) is 0 Å². The van der Waals surface area contributed by atoms with Crippen LogP contribution in [-0.2, 0) is 22.5 Å². The monoisotopic (exact) mass is 338 g/mol. The molecule has 1 fully saturated rings. The Morgan fingerprint density at radius 1 is 1.52 bits per heavy atom. The highest BCUT2D eigenvalue weighted by atomic mass is 32.1. The van der Waals surface area contributed by atoms with E-state index < -0.39 is 0 Å². The largest absolute Gasteiger partial charge is 0.469 e. The van der Waals surface area contributed by atoms with Crippen LogP contribution in [0.2, 0.25) is 0 Å². The predicted octanol–water partition coefficient (Wildman–Crippen LogP) is 1.91. The Labute approximate surface area is 142 Å². The molecule has 1 aliphatic rings. The lowest BCUT2D eigenvalue weighted by molar-refractivity contribution is -0.145. The SMILES string of the molecule is CCNC(=NCc1ncc(CC)s1)N1CC(C)C(C(=O)OC)C1. The zero-order valence-electron chi connectivity index (χ0n) is 14.3. The number of esters is 1. The number of nitrogens with one attached hydrogen (secondary N) is 1. The van der Waals surface area contributed by atoms with Crippen LogP contribution in [0, 0.1) is 11.8 Å². The van der Waals surface area contributed by atoms with E-state index >= 15 is 0 Å². The minimum Gasteiger partial charge on any atom is -0.469 e. The summed E-state index contributed by atoms with van der Waals surface area (Å²) in [6.07, 6.45) is 2.93. The normalized spacial score (nSPS) is 21.6. The molecule has 1 aliphatic heterocycles. The molecule has 7 heteroatoms. The maximum Gasteiger partial charge on any atom is 0.310 e. The summed E-state index contributed by atoms with van der Waals surface area (Å²) in [5.74, 6) is 0.885. The van der Waals surface area contributed by atoms with Crippen molar-refractivity contribution < 1.29 is 9.53 Å². The summed E-state index contributed by atoms with van der Waals surface area (Å²) in [6, 6.07) is 0. The van der Waals surface area contributed by atoms with Gasteiger partial charge in [0.2, 0.25) is 0 Å². The van der Waals surface area contributed by atoms with Gasteiger partial charge in [-0.25, -0.2) is 9.98 Å². The quantitative estimate of drug-likeness (QED) is 0.505. The van der Waals surface area contributed by atoms with Gasteiger partial charge in [0.05, 0.1) is 19.6 Å². The number of carbonyl (C=O) groups excluding carboxylic acids is 1. The van der Waals surface area contributed by atoms with Crippen molar-refractivity contribution in [3.05, 3.63) is 16.1 Å². The summed E-state index contributed by atoms with van der Waals surface area (Å²) in [7, 11) is 1.45. The van der Waals surface area contributed by atoms with E-state index in [4.69, 9.17) is 9.73 Å². The van der Waals surface area contributed by atoms with Gasteiger partial charge in [-0.2, -0.15) is 0 Å². The third-order valence-electron chi connectivity index (χ3n) is 4.06. The lowest BCUT2D eigenvalue weighted by Crippen LogP contribution is -2.40. The van der Waals surface area contributed by atoms with Gasteiger partial charge in [0.1, 0.15) is 5.01 Å². The second-order valence-electron chi connectivity index (χ2n) is 5.76. The van der Waals surface area contributed by atoms with Gasteiger partial charge < -0.3 is 15.0 Å². The fourth-order valence-electron chi connectivity index (χ4n) is 2.75. The van der Waals surface area contributed by atoms with Gasteiger partial charge in [-0.15, -0.1) is 11.3 Å². The lowest BCUT2D eigenvalue weighted by atomic mass is 9.99. The van der Waals surface area contributed by atoms with Crippen molar-refractivity contribution in [2.75, 3.05) is 26.7 Å². The smallest absolute Gasteiger partial charge is 0.310 e. The molecule has 23 heavy (non-hydrogen) atoms. The lowest BCUT2D eigenvalue weighted by Gasteiger charge is -2.21. The topological polar surface area (TPSA) is 66.8 Å². The van der Waals surface area contributed by atoms with E-state index in [1.807, 2.05) is 13.1 Å². The van der Waals surface area contributed by atoms with E-state index in [0.29, 0.717) is 13.1 Å². The summed E-state index contributed by atoms with van der Waals surface area (Å²) in [6.45, 7) is 9.08. The Balaban J connectivity index is 2.05. The van der Waals surface area contributed by atoms with Crippen LogP contribution in [0.3, 0.4) is 0 Å².